The average molecular weight is 365 g/mol. The summed E-state index contributed by atoms with van der Waals surface area (Å²) in [6.07, 6.45) is 3.72. The van der Waals surface area contributed by atoms with E-state index in [9.17, 15) is 5.11 Å². The van der Waals surface area contributed by atoms with E-state index in [0.717, 1.165) is 25.7 Å². The van der Waals surface area contributed by atoms with Crippen LogP contribution in [0.5, 0.6) is 0 Å². The van der Waals surface area contributed by atoms with Crippen molar-refractivity contribution in [2.75, 3.05) is 39.6 Å². The molecule has 0 aliphatic carbocycles. The number of hydrogen-bond donors (Lipinski definition) is 2. The van der Waals surface area contributed by atoms with Gasteiger partial charge in [0.05, 0.1) is 37.6 Å². The lowest BCUT2D eigenvalue weighted by Gasteiger charge is -2.32. The summed E-state index contributed by atoms with van der Waals surface area (Å²) in [6.45, 7) is 12.3. The van der Waals surface area contributed by atoms with Gasteiger partial charge in [0.2, 0.25) is 0 Å². The Kier molecular flexibility index (Phi) is 13.8. The van der Waals surface area contributed by atoms with Gasteiger partial charge in [-0.3, -0.25) is 0 Å². The zero-order chi connectivity index (χ0) is 19.2. The summed E-state index contributed by atoms with van der Waals surface area (Å²) in [5.74, 6) is 0. The molecule has 0 rings (SSSR count). The summed E-state index contributed by atoms with van der Waals surface area (Å²) in [5, 5.41) is 18.7. The van der Waals surface area contributed by atoms with Crippen LogP contribution < -0.4 is 0 Å². The Hall–Kier alpha value is -0.240. The maximum atomic E-state index is 9.90. The molecule has 0 aliphatic heterocycles. The second-order valence-electron chi connectivity index (χ2n) is 7.06. The molecule has 0 heterocycles. The van der Waals surface area contributed by atoms with Crippen LogP contribution in [-0.4, -0.2) is 67.3 Å². The summed E-state index contributed by atoms with van der Waals surface area (Å²) in [4.78, 5) is 0. The minimum absolute atomic E-state index is 0.0402. The van der Waals surface area contributed by atoms with Gasteiger partial charge in [0.25, 0.3) is 0 Å². The van der Waals surface area contributed by atoms with Crippen molar-refractivity contribution < 1.29 is 29.2 Å². The fourth-order valence-corrected chi connectivity index (χ4v) is 2.50. The molecule has 0 radical (unpaired) electrons. The molecular weight excluding hydrogens is 324 g/mol. The Bertz CT molecular complexity index is 310. The lowest BCUT2D eigenvalue weighted by Crippen LogP contribution is -2.35. The standard InChI is InChI=1S/C19H40O6/c1-6-8-19(5,10-13-22-14-11-20)25-17(3)24-16-15-23-12-9-18(4,21)7-2/h17,20-21H,6-16H2,1-5H3. The van der Waals surface area contributed by atoms with E-state index in [-0.39, 0.29) is 18.5 Å². The van der Waals surface area contributed by atoms with Crippen LogP contribution in [0, 0.1) is 0 Å². The largest absolute Gasteiger partial charge is 0.394 e. The van der Waals surface area contributed by atoms with Crippen LogP contribution in [0.1, 0.15) is 66.7 Å². The Labute approximate surface area is 153 Å². The summed E-state index contributed by atoms with van der Waals surface area (Å²) in [7, 11) is 0. The van der Waals surface area contributed by atoms with Crippen molar-refractivity contribution in [1.82, 2.24) is 0 Å². The first-order valence-electron chi connectivity index (χ1n) is 9.56. The van der Waals surface area contributed by atoms with Crippen LogP contribution in [0.3, 0.4) is 0 Å². The van der Waals surface area contributed by atoms with E-state index in [2.05, 4.69) is 13.8 Å². The van der Waals surface area contributed by atoms with Gasteiger partial charge >= 0.3 is 0 Å². The zero-order valence-corrected chi connectivity index (χ0v) is 16.9. The van der Waals surface area contributed by atoms with Gasteiger partial charge in [-0.25, -0.2) is 0 Å². The van der Waals surface area contributed by atoms with Gasteiger partial charge in [0.15, 0.2) is 6.29 Å². The quantitative estimate of drug-likeness (QED) is 0.305. The molecule has 3 unspecified atom stereocenters. The Morgan fingerprint density at radius 1 is 0.880 bits per heavy atom. The van der Waals surface area contributed by atoms with Crippen LogP contribution in [-0.2, 0) is 18.9 Å². The first-order chi connectivity index (χ1) is 11.8. The normalized spacial score (nSPS) is 17.9. The molecular formula is C19H40O6. The second-order valence-corrected chi connectivity index (χ2v) is 7.06. The average Bonchev–Trinajstić information content (AvgIpc) is 2.55. The van der Waals surface area contributed by atoms with Crippen LogP contribution in [0.2, 0.25) is 0 Å². The maximum absolute atomic E-state index is 9.90. The molecule has 2 N–H and O–H groups in total. The minimum Gasteiger partial charge on any atom is -0.394 e. The lowest BCUT2D eigenvalue weighted by molar-refractivity contribution is -0.208. The molecule has 0 fully saturated rings. The topological polar surface area (TPSA) is 77.4 Å². The molecule has 152 valence electrons. The van der Waals surface area contributed by atoms with Crippen molar-refractivity contribution in [2.24, 2.45) is 0 Å². The first kappa shape index (κ1) is 24.8. The van der Waals surface area contributed by atoms with Crippen molar-refractivity contribution in [3.8, 4) is 0 Å². The highest BCUT2D eigenvalue weighted by Gasteiger charge is 2.26. The van der Waals surface area contributed by atoms with Gasteiger partial charge < -0.3 is 29.2 Å². The molecule has 6 nitrogen and oxygen atoms in total. The van der Waals surface area contributed by atoms with Crippen molar-refractivity contribution in [3.63, 3.8) is 0 Å². The van der Waals surface area contributed by atoms with Gasteiger partial charge in [0, 0.05) is 13.2 Å². The van der Waals surface area contributed by atoms with Crippen LogP contribution >= 0.6 is 0 Å². The number of ether oxygens (including phenoxy) is 4. The van der Waals surface area contributed by atoms with Gasteiger partial charge in [-0.15, -0.1) is 0 Å². The highest BCUT2D eigenvalue weighted by atomic mass is 16.7. The number of rotatable bonds is 17. The highest BCUT2D eigenvalue weighted by Crippen LogP contribution is 2.24. The fourth-order valence-electron chi connectivity index (χ4n) is 2.50. The van der Waals surface area contributed by atoms with E-state index in [0.29, 0.717) is 39.5 Å². The molecule has 0 bridgehead atoms. The second kappa shape index (κ2) is 13.9. The molecule has 25 heavy (non-hydrogen) atoms. The first-order valence-corrected chi connectivity index (χ1v) is 9.56. The van der Waals surface area contributed by atoms with Crippen molar-refractivity contribution >= 4 is 0 Å². The van der Waals surface area contributed by atoms with E-state index in [1.807, 2.05) is 20.8 Å². The van der Waals surface area contributed by atoms with Gasteiger partial charge in [-0.2, -0.15) is 0 Å². The summed E-state index contributed by atoms with van der Waals surface area (Å²) < 4.78 is 22.6. The molecule has 0 saturated heterocycles. The van der Waals surface area contributed by atoms with E-state index >= 15 is 0 Å². The van der Waals surface area contributed by atoms with Crippen molar-refractivity contribution in [2.45, 2.75) is 84.2 Å². The van der Waals surface area contributed by atoms with Gasteiger partial charge in [-0.1, -0.05) is 20.3 Å². The molecule has 3 atom stereocenters. The Balaban J connectivity index is 3.96. The van der Waals surface area contributed by atoms with Gasteiger partial charge in [-0.05, 0) is 46.5 Å². The molecule has 0 aromatic rings. The zero-order valence-electron chi connectivity index (χ0n) is 16.9. The molecule has 0 amide bonds. The number of aliphatic hydroxyl groups excluding tert-OH is 1. The number of aliphatic hydroxyl groups is 2. The van der Waals surface area contributed by atoms with E-state index < -0.39 is 5.60 Å². The highest BCUT2D eigenvalue weighted by molar-refractivity contribution is 4.75. The smallest absolute Gasteiger partial charge is 0.155 e. The molecule has 0 saturated carbocycles. The third-order valence-electron chi connectivity index (χ3n) is 4.37. The van der Waals surface area contributed by atoms with Crippen LogP contribution in [0.4, 0.5) is 0 Å². The summed E-state index contributed by atoms with van der Waals surface area (Å²) in [5.41, 5.74) is -0.957. The lowest BCUT2D eigenvalue weighted by atomic mass is 9.96. The predicted molar refractivity (Wildman–Crippen MR) is 98.7 cm³/mol. The summed E-state index contributed by atoms with van der Waals surface area (Å²) >= 11 is 0. The Morgan fingerprint density at radius 2 is 1.52 bits per heavy atom. The van der Waals surface area contributed by atoms with E-state index in [4.69, 9.17) is 24.1 Å². The third-order valence-corrected chi connectivity index (χ3v) is 4.37. The molecule has 6 heteroatoms. The predicted octanol–water partition coefficient (Wildman–Crippen LogP) is 2.89. The van der Waals surface area contributed by atoms with Crippen LogP contribution in [0.15, 0.2) is 0 Å². The van der Waals surface area contributed by atoms with Crippen molar-refractivity contribution in [1.29, 1.82) is 0 Å². The monoisotopic (exact) mass is 364 g/mol. The summed E-state index contributed by atoms with van der Waals surface area (Å²) in [6, 6.07) is 0. The molecule has 0 aromatic carbocycles. The molecule has 0 aromatic heterocycles. The SMILES string of the molecule is CCCC(C)(CCOCCO)OC(C)OCCOCCC(C)(O)CC. The van der Waals surface area contributed by atoms with E-state index in [1.165, 1.54) is 0 Å². The molecule has 0 spiro atoms. The van der Waals surface area contributed by atoms with E-state index in [1.54, 1.807) is 0 Å². The fraction of sp³-hybridized carbons (Fsp3) is 1.00. The van der Waals surface area contributed by atoms with Crippen molar-refractivity contribution in [3.05, 3.63) is 0 Å². The third kappa shape index (κ3) is 13.6. The van der Waals surface area contributed by atoms with Gasteiger partial charge in [0.1, 0.15) is 0 Å². The number of hydrogen-bond acceptors (Lipinski definition) is 6. The minimum atomic E-state index is -0.655. The molecule has 0 aliphatic rings. The Morgan fingerprint density at radius 3 is 2.12 bits per heavy atom. The maximum Gasteiger partial charge on any atom is 0.155 e. The van der Waals surface area contributed by atoms with Crippen LogP contribution in [0.25, 0.3) is 0 Å².